The Labute approximate surface area is 156 Å². The molecule has 5 heterocycles. The SMILES string of the molecule is Cn1cc(-c2cnc3cnc(NC(=O)CN4C[C@H]5C[C@@H]4CO5)cc3c2)cn1. The fourth-order valence-electron chi connectivity index (χ4n) is 3.87. The summed E-state index contributed by atoms with van der Waals surface area (Å²) < 4.78 is 7.34. The topological polar surface area (TPSA) is 85.2 Å². The van der Waals surface area contributed by atoms with Gasteiger partial charge in [0.1, 0.15) is 5.82 Å². The summed E-state index contributed by atoms with van der Waals surface area (Å²) in [7, 11) is 1.88. The van der Waals surface area contributed by atoms with Gasteiger partial charge >= 0.3 is 0 Å². The summed E-state index contributed by atoms with van der Waals surface area (Å²) in [6.07, 6.45) is 8.57. The molecule has 2 aliphatic rings. The fraction of sp³-hybridized carbons (Fsp3) is 0.368. The highest BCUT2D eigenvalue weighted by Crippen LogP contribution is 2.27. The molecule has 27 heavy (non-hydrogen) atoms. The van der Waals surface area contributed by atoms with Crippen molar-refractivity contribution < 1.29 is 9.53 Å². The molecule has 0 spiro atoms. The van der Waals surface area contributed by atoms with Crippen LogP contribution in [0.3, 0.4) is 0 Å². The molecule has 2 aliphatic heterocycles. The molecular formula is C19H20N6O2. The molecule has 1 amide bonds. The van der Waals surface area contributed by atoms with Gasteiger partial charge in [-0.1, -0.05) is 0 Å². The smallest absolute Gasteiger partial charge is 0.239 e. The van der Waals surface area contributed by atoms with Crippen molar-refractivity contribution in [3.8, 4) is 11.1 Å². The normalized spacial score (nSPS) is 21.8. The predicted octanol–water partition coefficient (Wildman–Crippen LogP) is 1.44. The molecule has 8 heteroatoms. The first-order valence-electron chi connectivity index (χ1n) is 9.04. The average molecular weight is 364 g/mol. The van der Waals surface area contributed by atoms with E-state index in [1.54, 1.807) is 17.1 Å². The van der Waals surface area contributed by atoms with Gasteiger partial charge in [0.2, 0.25) is 5.91 Å². The van der Waals surface area contributed by atoms with Gasteiger partial charge in [-0.15, -0.1) is 0 Å². The number of morpholine rings is 1. The molecule has 3 aromatic rings. The summed E-state index contributed by atoms with van der Waals surface area (Å²) in [5, 5.41) is 8.03. The molecule has 0 saturated carbocycles. The van der Waals surface area contributed by atoms with Gasteiger partial charge in [0, 0.05) is 48.5 Å². The van der Waals surface area contributed by atoms with E-state index in [4.69, 9.17) is 4.74 Å². The zero-order valence-electron chi connectivity index (χ0n) is 15.0. The highest BCUT2D eigenvalue weighted by atomic mass is 16.5. The Morgan fingerprint density at radius 2 is 2.19 bits per heavy atom. The molecule has 2 saturated heterocycles. The maximum Gasteiger partial charge on any atom is 0.239 e. The number of nitrogens with zero attached hydrogens (tertiary/aromatic N) is 5. The van der Waals surface area contributed by atoms with Crippen LogP contribution in [0.2, 0.25) is 0 Å². The van der Waals surface area contributed by atoms with E-state index in [0.29, 0.717) is 24.5 Å². The summed E-state index contributed by atoms with van der Waals surface area (Å²) >= 11 is 0. The standard InChI is InChI=1S/C19H20N6O2/c1-24-8-14(6-22-24)13-2-12-3-18(21-7-17(12)20-5-13)23-19(26)10-25-9-16-4-15(25)11-27-16/h2-3,5-8,15-16H,4,9-11H2,1H3,(H,21,23,26)/t15-,16-/m1/s1. The van der Waals surface area contributed by atoms with Crippen molar-refractivity contribution in [3.05, 3.63) is 36.9 Å². The number of pyridine rings is 2. The Bertz CT molecular complexity index is 1020. The highest BCUT2D eigenvalue weighted by molar-refractivity contribution is 5.94. The van der Waals surface area contributed by atoms with E-state index >= 15 is 0 Å². The third kappa shape index (κ3) is 3.17. The van der Waals surface area contributed by atoms with Crippen molar-refractivity contribution in [2.75, 3.05) is 25.0 Å². The zero-order valence-corrected chi connectivity index (χ0v) is 15.0. The first-order chi connectivity index (χ1) is 13.1. The minimum absolute atomic E-state index is 0.0502. The molecule has 2 atom stereocenters. The quantitative estimate of drug-likeness (QED) is 0.754. The first-order valence-corrected chi connectivity index (χ1v) is 9.04. The summed E-state index contributed by atoms with van der Waals surface area (Å²) in [6.45, 7) is 1.94. The van der Waals surface area contributed by atoms with Crippen LogP contribution in [0.15, 0.2) is 36.9 Å². The Kier molecular flexibility index (Phi) is 3.87. The lowest BCUT2D eigenvalue weighted by atomic mass is 10.1. The van der Waals surface area contributed by atoms with Crippen molar-refractivity contribution in [1.82, 2.24) is 24.6 Å². The Morgan fingerprint density at radius 3 is 2.93 bits per heavy atom. The van der Waals surface area contributed by atoms with Crippen molar-refractivity contribution in [3.63, 3.8) is 0 Å². The number of aryl methyl sites for hydroxylation is 1. The van der Waals surface area contributed by atoms with Crippen molar-refractivity contribution in [2.24, 2.45) is 7.05 Å². The largest absolute Gasteiger partial charge is 0.375 e. The van der Waals surface area contributed by atoms with Crippen LogP contribution in [0.4, 0.5) is 5.82 Å². The number of nitrogens with one attached hydrogen (secondary N) is 1. The monoisotopic (exact) mass is 364 g/mol. The second-order valence-electron chi connectivity index (χ2n) is 7.21. The number of amides is 1. The lowest BCUT2D eigenvalue weighted by Crippen LogP contribution is -2.41. The lowest BCUT2D eigenvalue weighted by molar-refractivity contribution is -0.118. The predicted molar refractivity (Wildman–Crippen MR) is 100 cm³/mol. The van der Waals surface area contributed by atoms with Crippen LogP contribution in [0.25, 0.3) is 22.0 Å². The van der Waals surface area contributed by atoms with E-state index in [9.17, 15) is 4.79 Å². The van der Waals surface area contributed by atoms with Crippen LogP contribution in [-0.2, 0) is 16.6 Å². The van der Waals surface area contributed by atoms with Gasteiger partial charge < -0.3 is 10.1 Å². The number of ether oxygens (including phenoxy) is 1. The molecule has 0 aliphatic carbocycles. The van der Waals surface area contributed by atoms with Gasteiger partial charge in [0.05, 0.1) is 37.2 Å². The number of fused-ring (bicyclic) bond motifs is 3. The molecule has 138 valence electrons. The van der Waals surface area contributed by atoms with Crippen LogP contribution < -0.4 is 5.32 Å². The maximum absolute atomic E-state index is 12.4. The maximum atomic E-state index is 12.4. The number of carbonyl (C=O) groups is 1. The molecule has 0 radical (unpaired) electrons. The number of anilines is 1. The van der Waals surface area contributed by atoms with E-state index < -0.39 is 0 Å². The first kappa shape index (κ1) is 16.3. The summed E-state index contributed by atoms with van der Waals surface area (Å²) in [5.41, 5.74) is 2.77. The van der Waals surface area contributed by atoms with E-state index in [2.05, 4.69) is 25.3 Å². The van der Waals surface area contributed by atoms with Crippen LogP contribution >= 0.6 is 0 Å². The van der Waals surface area contributed by atoms with Gasteiger partial charge in [0.25, 0.3) is 0 Å². The summed E-state index contributed by atoms with van der Waals surface area (Å²) in [6, 6.07) is 4.27. The number of likely N-dealkylation sites (tertiary alicyclic amines) is 1. The number of hydrogen-bond donors (Lipinski definition) is 1. The number of aromatic nitrogens is 4. The zero-order chi connectivity index (χ0) is 18.4. The van der Waals surface area contributed by atoms with Crippen molar-refractivity contribution in [2.45, 2.75) is 18.6 Å². The minimum Gasteiger partial charge on any atom is -0.375 e. The number of rotatable bonds is 4. The minimum atomic E-state index is -0.0502. The second-order valence-corrected chi connectivity index (χ2v) is 7.21. The number of hydrogen-bond acceptors (Lipinski definition) is 6. The van der Waals surface area contributed by atoms with Crippen LogP contribution in [0.1, 0.15) is 6.42 Å². The molecule has 0 unspecified atom stereocenters. The third-order valence-corrected chi connectivity index (χ3v) is 5.23. The fourth-order valence-corrected chi connectivity index (χ4v) is 3.87. The Morgan fingerprint density at radius 1 is 1.26 bits per heavy atom. The molecule has 1 N–H and O–H groups in total. The van der Waals surface area contributed by atoms with Gasteiger partial charge in [-0.05, 0) is 18.6 Å². The van der Waals surface area contributed by atoms with Crippen LogP contribution in [0.5, 0.6) is 0 Å². The molecule has 5 rings (SSSR count). The van der Waals surface area contributed by atoms with Gasteiger partial charge in [-0.2, -0.15) is 5.10 Å². The van der Waals surface area contributed by atoms with Crippen molar-refractivity contribution in [1.29, 1.82) is 0 Å². The second kappa shape index (κ2) is 6.40. The molecule has 0 aromatic carbocycles. The Hall–Kier alpha value is -2.84. The van der Waals surface area contributed by atoms with E-state index in [-0.39, 0.29) is 5.91 Å². The van der Waals surface area contributed by atoms with Crippen LogP contribution in [0, 0.1) is 0 Å². The third-order valence-electron chi connectivity index (χ3n) is 5.23. The molecule has 3 aromatic heterocycles. The Balaban J connectivity index is 1.33. The van der Waals surface area contributed by atoms with E-state index in [0.717, 1.165) is 41.6 Å². The van der Waals surface area contributed by atoms with Gasteiger partial charge in [0.15, 0.2) is 0 Å². The average Bonchev–Trinajstić information content (AvgIpc) is 3.38. The molecule has 8 nitrogen and oxygen atoms in total. The lowest BCUT2D eigenvalue weighted by Gasteiger charge is -2.25. The molecule has 2 fully saturated rings. The number of carbonyl (C=O) groups excluding carboxylic acids is 1. The molecule has 2 bridgehead atoms. The summed E-state index contributed by atoms with van der Waals surface area (Å²) in [4.78, 5) is 23.4. The van der Waals surface area contributed by atoms with E-state index in [1.165, 1.54) is 0 Å². The van der Waals surface area contributed by atoms with Crippen molar-refractivity contribution >= 4 is 22.6 Å². The van der Waals surface area contributed by atoms with Gasteiger partial charge in [-0.3, -0.25) is 19.4 Å². The van der Waals surface area contributed by atoms with Gasteiger partial charge in [-0.25, -0.2) is 4.98 Å². The van der Waals surface area contributed by atoms with E-state index in [1.807, 2.05) is 31.6 Å². The highest BCUT2D eigenvalue weighted by Gasteiger charge is 2.39. The van der Waals surface area contributed by atoms with Crippen LogP contribution in [-0.4, -0.2) is 62.4 Å². The summed E-state index contributed by atoms with van der Waals surface area (Å²) in [5.74, 6) is 0.490. The molecular weight excluding hydrogens is 344 g/mol.